The Morgan fingerprint density at radius 2 is 1.29 bits per heavy atom. The number of nitrogens with two attached hydrogens (primary N) is 1. The Hall–Kier alpha value is -5.32. The molecule has 0 spiro atoms. The number of allylic oxidation sites excluding steroid dienone is 4. The van der Waals surface area contributed by atoms with Gasteiger partial charge in [0.15, 0.2) is 5.78 Å². The van der Waals surface area contributed by atoms with Crippen LogP contribution in [-0.4, -0.2) is 55.1 Å². The number of aldehydes is 1. The quantitative estimate of drug-likeness (QED) is 0.0700. The van der Waals surface area contributed by atoms with E-state index in [4.69, 9.17) is 15.2 Å². The number of aryl methyl sites for hydroxylation is 1. The fourth-order valence-electron chi connectivity index (χ4n) is 5.03. The van der Waals surface area contributed by atoms with Gasteiger partial charge in [0.05, 0.1) is 36.4 Å². The van der Waals surface area contributed by atoms with Crippen molar-refractivity contribution in [3.8, 4) is 0 Å². The number of carbonyl (C=O) groups is 6. The van der Waals surface area contributed by atoms with Gasteiger partial charge in [0.2, 0.25) is 0 Å². The van der Waals surface area contributed by atoms with Gasteiger partial charge < -0.3 is 25.3 Å². The number of benzene rings is 2. The van der Waals surface area contributed by atoms with E-state index in [0.717, 1.165) is 30.3 Å². The molecule has 3 rings (SSSR count). The molecule has 11 heteroatoms. The molecule has 0 saturated heterocycles. The fourth-order valence-corrected chi connectivity index (χ4v) is 5.03. The lowest BCUT2D eigenvalue weighted by atomic mass is 9.79. The molecule has 2 aromatic rings. The fraction of sp³-hybridized carbons (Fsp3) is 0.467. The standard InChI is InChI=1S/C25H35NO4.C8H8O.C7H12O3.C5H9NO/c1-9-14-29-23(27)20-16(4)26-17(5)21(24(28)30-15(2)3)22(20)18-10-12-19(13-11-18)25(6,7)8;1-7-2-4-8(6-9)5-3-7;1-3-4-10-7(9)5-6(2)8;1-4(6)3-5(2)7/h10-13,15,22,26H,9,14H2,1-8H3;2-6H,1H3;3-5H2,1-2H3;3H,6H2,1-2H3/b;;;4-3-. The Morgan fingerprint density at radius 3 is 1.68 bits per heavy atom. The van der Waals surface area contributed by atoms with E-state index in [-0.39, 0.29) is 29.5 Å². The molecule has 0 saturated carbocycles. The molecular weight excluding hydrogens is 713 g/mol. The smallest absolute Gasteiger partial charge is 0.337 e. The first-order valence-electron chi connectivity index (χ1n) is 18.9. The maximum atomic E-state index is 13.0. The van der Waals surface area contributed by atoms with E-state index < -0.39 is 23.8 Å². The Labute approximate surface area is 334 Å². The SMILES string of the molecule is CC(=O)/C=C(/C)N.CCCOC(=O)C1=C(C)NC(C)=C(C(=O)OC(C)C)C1c1ccc(C(C)(C)C)cc1.CCCOC(=O)CC(C)=O.Cc1ccc(C=O)cc1. The van der Waals surface area contributed by atoms with Gasteiger partial charge in [0.1, 0.15) is 18.5 Å². The summed E-state index contributed by atoms with van der Waals surface area (Å²) in [5.41, 5.74) is 11.9. The van der Waals surface area contributed by atoms with Crippen molar-refractivity contribution in [2.45, 2.75) is 127 Å². The number of ketones is 2. The van der Waals surface area contributed by atoms with Crippen molar-refractivity contribution in [2.24, 2.45) is 5.73 Å². The third-order valence-corrected chi connectivity index (χ3v) is 7.60. The second-order valence-electron chi connectivity index (χ2n) is 14.7. The van der Waals surface area contributed by atoms with Gasteiger partial charge in [-0.05, 0) is 90.8 Å². The van der Waals surface area contributed by atoms with Gasteiger partial charge in [0, 0.05) is 22.7 Å². The Kier molecular flexibility index (Phi) is 23.3. The van der Waals surface area contributed by atoms with Crippen LogP contribution in [0.25, 0.3) is 0 Å². The van der Waals surface area contributed by atoms with Crippen LogP contribution in [0.2, 0.25) is 0 Å². The second kappa shape index (κ2) is 25.7. The Bertz CT molecular complexity index is 1700. The van der Waals surface area contributed by atoms with Crippen molar-refractivity contribution in [3.05, 3.63) is 105 Å². The molecule has 1 unspecified atom stereocenters. The topological polar surface area (TPSA) is 168 Å². The Morgan fingerprint density at radius 1 is 0.786 bits per heavy atom. The van der Waals surface area contributed by atoms with Gasteiger partial charge in [-0.2, -0.15) is 0 Å². The first-order valence-corrected chi connectivity index (χ1v) is 18.9. The zero-order valence-electron chi connectivity index (χ0n) is 35.7. The van der Waals surface area contributed by atoms with Crippen LogP contribution in [-0.2, 0) is 43.6 Å². The molecule has 1 aliphatic heterocycles. The summed E-state index contributed by atoms with van der Waals surface area (Å²) in [6, 6.07) is 15.6. The van der Waals surface area contributed by atoms with Crippen molar-refractivity contribution in [3.63, 3.8) is 0 Å². The summed E-state index contributed by atoms with van der Waals surface area (Å²) in [4.78, 5) is 67.1. The normalized spacial score (nSPS) is 13.7. The van der Waals surface area contributed by atoms with E-state index in [9.17, 15) is 28.8 Å². The van der Waals surface area contributed by atoms with E-state index in [2.05, 4.69) is 43.0 Å². The number of rotatable bonds is 12. The first kappa shape index (κ1) is 50.7. The van der Waals surface area contributed by atoms with Crippen LogP contribution in [0.5, 0.6) is 0 Å². The number of esters is 3. The minimum absolute atomic E-state index is 0.000000000000000444. The summed E-state index contributed by atoms with van der Waals surface area (Å²) < 4.78 is 15.6. The highest BCUT2D eigenvalue weighted by Crippen LogP contribution is 2.40. The van der Waals surface area contributed by atoms with Gasteiger partial charge in [-0.15, -0.1) is 0 Å². The monoisotopic (exact) mass is 776 g/mol. The van der Waals surface area contributed by atoms with E-state index in [1.54, 1.807) is 6.92 Å². The third kappa shape index (κ3) is 19.8. The predicted molar refractivity (Wildman–Crippen MR) is 221 cm³/mol. The van der Waals surface area contributed by atoms with Crippen LogP contribution >= 0.6 is 0 Å². The molecule has 0 bridgehead atoms. The first-order chi connectivity index (χ1) is 26.1. The third-order valence-electron chi connectivity index (χ3n) is 7.60. The highest BCUT2D eigenvalue weighted by atomic mass is 16.5. The molecule has 0 aliphatic carbocycles. The van der Waals surface area contributed by atoms with Crippen LogP contribution < -0.4 is 11.1 Å². The van der Waals surface area contributed by atoms with E-state index >= 15 is 0 Å². The van der Waals surface area contributed by atoms with E-state index in [1.807, 2.05) is 84.9 Å². The molecule has 0 aromatic heterocycles. The number of hydrogen-bond donors (Lipinski definition) is 2. The maximum Gasteiger partial charge on any atom is 0.337 e. The summed E-state index contributed by atoms with van der Waals surface area (Å²) in [6.07, 6.45) is 3.40. The van der Waals surface area contributed by atoms with Crippen molar-refractivity contribution < 1.29 is 43.0 Å². The molecule has 3 N–H and O–H groups in total. The molecule has 1 heterocycles. The zero-order valence-corrected chi connectivity index (χ0v) is 35.7. The molecule has 0 fully saturated rings. The van der Waals surface area contributed by atoms with Crippen LogP contribution in [0.4, 0.5) is 0 Å². The predicted octanol–water partition coefficient (Wildman–Crippen LogP) is 8.29. The molecular formula is C45H64N2O9. The molecule has 0 radical (unpaired) electrons. The molecule has 0 amide bonds. The Balaban J connectivity index is 0.000000936. The molecule has 11 nitrogen and oxygen atoms in total. The molecule has 2 aromatic carbocycles. The number of dihydropyridines is 1. The average molecular weight is 777 g/mol. The summed E-state index contributed by atoms with van der Waals surface area (Å²) in [5, 5.41) is 3.18. The van der Waals surface area contributed by atoms with Gasteiger partial charge in [-0.3, -0.25) is 19.2 Å². The largest absolute Gasteiger partial charge is 0.465 e. The number of hydrogen-bond acceptors (Lipinski definition) is 11. The highest BCUT2D eigenvalue weighted by molar-refractivity contribution is 6.00. The summed E-state index contributed by atoms with van der Waals surface area (Å²) >= 11 is 0. The zero-order chi connectivity index (χ0) is 43.2. The lowest BCUT2D eigenvalue weighted by molar-refractivity contribution is -0.146. The minimum atomic E-state index is -0.545. The average Bonchev–Trinajstić information content (AvgIpc) is 3.09. The highest BCUT2D eigenvalue weighted by Gasteiger charge is 2.38. The summed E-state index contributed by atoms with van der Waals surface area (Å²) in [7, 11) is 0. The van der Waals surface area contributed by atoms with Crippen molar-refractivity contribution >= 4 is 35.8 Å². The number of ether oxygens (including phenoxy) is 3. The molecule has 56 heavy (non-hydrogen) atoms. The second-order valence-corrected chi connectivity index (χ2v) is 14.7. The molecule has 308 valence electrons. The summed E-state index contributed by atoms with van der Waals surface area (Å²) in [5.74, 6) is -1.95. The van der Waals surface area contributed by atoms with Gasteiger partial charge in [0.25, 0.3) is 0 Å². The van der Waals surface area contributed by atoms with E-state index in [1.165, 1.54) is 31.1 Å². The van der Waals surface area contributed by atoms with E-state index in [0.29, 0.717) is 41.5 Å². The van der Waals surface area contributed by atoms with Gasteiger partial charge in [-0.25, -0.2) is 9.59 Å². The van der Waals surface area contributed by atoms with Crippen molar-refractivity contribution in [1.29, 1.82) is 0 Å². The van der Waals surface area contributed by atoms with Crippen LogP contribution in [0.3, 0.4) is 0 Å². The van der Waals surface area contributed by atoms with Crippen molar-refractivity contribution in [2.75, 3.05) is 13.2 Å². The minimum Gasteiger partial charge on any atom is -0.465 e. The summed E-state index contributed by atoms with van der Waals surface area (Å²) in [6.45, 7) is 24.9. The number of nitrogens with one attached hydrogen (secondary N) is 1. The molecule has 1 atom stereocenters. The van der Waals surface area contributed by atoms with Crippen LogP contribution in [0.15, 0.2) is 82.8 Å². The lowest BCUT2D eigenvalue weighted by Crippen LogP contribution is -2.33. The van der Waals surface area contributed by atoms with Gasteiger partial charge in [-0.1, -0.05) is 88.7 Å². The number of Topliss-reactive ketones (excluding diaryl/α,β-unsaturated/α-hetero) is 1. The van der Waals surface area contributed by atoms with Gasteiger partial charge >= 0.3 is 17.9 Å². The molecule has 1 aliphatic rings. The van der Waals surface area contributed by atoms with Crippen LogP contribution in [0.1, 0.15) is 135 Å². The van der Waals surface area contributed by atoms with Crippen molar-refractivity contribution in [1.82, 2.24) is 5.32 Å². The van der Waals surface area contributed by atoms with Crippen LogP contribution in [0, 0.1) is 6.92 Å². The lowest BCUT2D eigenvalue weighted by Gasteiger charge is -2.31. The number of carbonyl (C=O) groups excluding carboxylic acids is 6. The maximum absolute atomic E-state index is 13.0.